The van der Waals surface area contributed by atoms with E-state index in [1.54, 1.807) is 0 Å². The summed E-state index contributed by atoms with van der Waals surface area (Å²) in [4.78, 5) is 26.3. The van der Waals surface area contributed by atoms with Gasteiger partial charge in [0.15, 0.2) is 12.6 Å². The van der Waals surface area contributed by atoms with Gasteiger partial charge in [0.1, 0.15) is 11.2 Å². The molecular formula is C28H46O3. The number of aldehydes is 2. The van der Waals surface area contributed by atoms with Gasteiger partial charge in [-0.3, -0.25) is 0 Å². The smallest absolute Gasteiger partial charge is 0.152 e. The van der Waals surface area contributed by atoms with Crippen LogP contribution in [0.15, 0.2) is 0 Å². The van der Waals surface area contributed by atoms with Crippen LogP contribution in [-0.4, -0.2) is 23.8 Å². The van der Waals surface area contributed by atoms with Crippen LogP contribution in [0, 0.1) is 23.7 Å². The maximum absolute atomic E-state index is 13.1. The molecule has 4 fully saturated rings. The van der Waals surface area contributed by atoms with Crippen molar-refractivity contribution in [2.75, 3.05) is 0 Å². The maximum atomic E-state index is 13.1. The summed E-state index contributed by atoms with van der Waals surface area (Å²) in [5.41, 5.74) is -1.48. The van der Waals surface area contributed by atoms with Gasteiger partial charge in [-0.2, -0.15) is 0 Å². The fourth-order valence-corrected chi connectivity index (χ4v) is 7.95. The van der Waals surface area contributed by atoms with Crippen molar-refractivity contribution < 1.29 is 14.3 Å². The van der Waals surface area contributed by atoms with Crippen LogP contribution < -0.4 is 0 Å². The van der Waals surface area contributed by atoms with E-state index in [-0.39, 0.29) is 0 Å². The van der Waals surface area contributed by atoms with E-state index in [1.807, 2.05) is 0 Å². The summed E-state index contributed by atoms with van der Waals surface area (Å²) in [6.45, 7) is 0. The highest BCUT2D eigenvalue weighted by Gasteiger charge is 2.56. The topological polar surface area (TPSA) is 43.4 Å². The van der Waals surface area contributed by atoms with Gasteiger partial charge in [0.05, 0.1) is 0 Å². The molecule has 176 valence electrons. The van der Waals surface area contributed by atoms with Crippen LogP contribution in [0.4, 0.5) is 0 Å². The molecule has 4 rings (SSSR count). The lowest BCUT2D eigenvalue weighted by atomic mass is 9.63. The van der Waals surface area contributed by atoms with Gasteiger partial charge in [-0.1, -0.05) is 77.0 Å². The lowest BCUT2D eigenvalue weighted by Gasteiger charge is -2.54. The predicted molar refractivity (Wildman–Crippen MR) is 125 cm³/mol. The van der Waals surface area contributed by atoms with E-state index in [0.29, 0.717) is 23.7 Å². The van der Waals surface area contributed by atoms with Gasteiger partial charge in [-0.15, -0.1) is 0 Å². The Hall–Kier alpha value is -0.700. The molecule has 4 aliphatic carbocycles. The Kier molecular flexibility index (Phi) is 8.28. The predicted octanol–water partition coefficient (Wildman–Crippen LogP) is 7.20. The van der Waals surface area contributed by atoms with E-state index in [1.165, 1.54) is 89.6 Å². The monoisotopic (exact) mass is 430 g/mol. The molecule has 4 saturated carbocycles. The lowest BCUT2D eigenvalue weighted by molar-refractivity contribution is -0.233. The van der Waals surface area contributed by atoms with Crippen LogP contribution in [-0.2, 0) is 14.3 Å². The minimum absolute atomic E-state index is 0.299. The molecule has 0 bridgehead atoms. The van der Waals surface area contributed by atoms with E-state index in [0.717, 1.165) is 51.4 Å². The number of ether oxygens (including phenoxy) is 1. The normalized spacial score (nSPS) is 26.6. The van der Waals surface area contributed by atoms with Crippen LogP contribution in [0.1, 0.15) is 128 Å². The van der Waals surface area contributed by atoms with Crippen LogP contribution in [0.3, 0.4) is 0 Å². The van der Waals surface area contributed by atoms with Crippen molar-refractivity contribution in [3.63, 3.8) is 0 Å². The van der Waals surface area contributed by atoms with Crippen molar-refractivity contribution in [1.29, 1.82) is 0 Å². The summed E-state index contributed by atoms with van der Waals surface area (Å²) >= 11 is 0. The Morgan fingerprint density at radius 3 is 0.839 bits per heavy atom. The SMILES string of the molecule is O=CC(OC(C=O)(C1CCCCC1)C1CCCCC1)(C1CCCCC1)C1CCCCC1. The zero-order chi connectivity index (χ0) is 21.6. The summed E-state index contributed by atoms with van der Waals surface area (Å²) in [6, 6.07) is 0. The average Bonchev–Trinajstić information content (AvgIpc) is 2.87. The van der Waals surface area contributed by atoms with Gasteiger partial charge in [-0.25, -0.2) is 0 Å². The molecule has 0 aromatic carbocycles. The molecule has 0 saturated heterocycles. The molecule has 0 heterocycles. The molecule has 0 radical (unpaired) electrons. The third kappa shape index (κ3) is 4.82. The highest BCUT2D eigenvalue weighted by molar-refractivity contribution is 5.68. The molecule has 0 aliphatic heterocycles. The van der Waals surface area contributed by atoms with Crippen LogP contribution in [0.25, 0.3) is 0 Å². The van der Waals surface area contributed by atoms with Crippen molar-refractivity contribution in [3.8, 4) is 0 Å². The highest BCUT2D eigenvalue weighted by atomic mass is 16.5. The van der Waals surface area contributed by atoms with Gasteiger partial charge in [-0.05, 0) is 75.0 Å². The summed E-state index contributed by atoms with van der Waals surface area (Å²) in [5, 5.41) is 0. The molecule has 0 spiro atoms. The van der Waals surface area contributed by atoms with Crippen molar-refractivity contribution in [1.82, 2.24) is 0 Å². The van der Waals surface area contributed by atoms with E-state index in [2.05, 4.69) is 0 Å². The molecule has 0 aromatic rings. The molecule has 3 heteroatoms. The van der Waals surface area contributed by atoms with Crippen molar-refractivity contribution in [3.05, 3.63) is 0 Å². The second kappa shape index (κ2) is 10.9. The summed E-state index contributed by atoms with van der Waals surface area (Å²) in [5.74, 6) is 1.20. The second-order valence-corrected chi connectivity index (χ2v) is 11.4. The lowest BCUT2D eigenvalue weighted by Crippen LogP contribution is -2.61. The number of carbonyl (C=O) groups excluding carboxylic acids is 2. The van der Waals surface area contributed by atoms with E-state index < -0.39 is 11.2 Å². The molecule has 0 amide bonds. The van der Waals surface area contributed by atoms with Crippen LogP contribution in [0.2, 0.25) is 0 Å². The zero-order valence-electron chi connectivity index (χ0n) is 19.8. The largest absolute Gasteiger partial charge is 0.352 e. The van der Waals surface area contributed by atoms with E-state index >= 15 is 0 Å². The molecule has 0 unspecified atom stereocenters. The number of hydrogen-bond donors (Lipinski definition) is 0. The summed E-state index contributed by atoms with van der Waals surface area (Å²) in [6.07, 6.45) is 26.0. The van der Waals surface area contributed by atoms with E-state index in [9.17, 15) is 9.59 Å². The van der Waals surface area contributed by atoms with E-state index in [4.69, 9.17) is 4.74 Å². The second-order valence-electron chi connectivity index (χ2n) is 11.4. The summed E-state index contributed by atoms with van der Waals surface area (Å²) in [7, 11) is 0. The third-order valence-electron chi connectivity index (χ3n) is 9.69. The first-order valence-electron chi connectivity index (χ1n) is 13.9. The molecule has 31 heavy (non-hydrogen) atoms. The average molecular weight is 431 g/mol. The molecule has 0 aromatic heterocycles. The number of carbonyl (C=O) groups is 2. The first-order chi connectivity index (χ1) is 15.2. The number of rotatable bonds is 8. The quantitative estimate of drug-likeness (QED) is 0.382. The third-order valence-corrected chi connectivity index (χ3v) is 9.69. The summed E-state index contributed by atoms with van der Waals surface area (Å²) < 4.78 is 7.35. The van der Waals surface area contributed by atoms with Crippen molar-refractivity contribution >= 4 is 12.6 Å². The first kappa shape index (κ1) is 23.5. The van der Waals surface area contributed by atoms with Crippen LogP contribution in [0.5, 0.6) is 0 Å². The van der Waals surface area contributed by atoms with Crippen molar-refractivity contribution in [2.45, 2.75) is 140 Å². The zero-order valence-corrected chi connectivity index (χ0v) is 19.8. The minimum Gasteiger partial charge on any atom is -0.352 e. The van der Waals surface area contributed by atoms with Gasteiger partial charge in [0, 0.05) is 0 Å². The Morgan fingerprint density at radius 2 is 0.645 bits per heavy atom. The minimum atomic E-state index is -0.739. The fraction of sp³-hybridized carbons (Fsp3) is 0.929. The highest BCUT2D eigenvalue weighted by Crippen LogP contribution is 2.52. The van der Waals surface area contributed by atoms with Gasteiger partial charge >= 0.3 is 0 Å². The molecule has 4 aliphatic rings. The Labute approximate surface area is 190 Å². The van der Waals surface area contributed by atoms with Crippen molar-refractivity contribution in [2.24, 2.45) is 23.7 Å². The standard InChI is InChI=1S/C28H46O3/c29-21-27(23-13-5-1-6-14-23,24-15-7-2-8-16-24)31-28(22-30,25-17-9-3-10-18-25)26-19-11-4-12-20-26/h21-26H,1-20H2. The fourth-order valence-electron chi connectivity index (χ4n) is 7.95. The Bertz CT molecular complexity index is 475. The molecule has 0 N–H and O–H groups in total. The maximum Gasteiger partial charge on any atom is 0.152 e. The molecule has 3 nitrogen and oxygen atoms in total. The van der Waals surface area contributed by atoms with Gasteiger partial charge in [0.25, 0.3) is 0 Å². The van der Waals surface area contributed by atoms with Gasteiger partial charge in [0.2, 0.25) is 0 Å². The molecule has 0 atom stereocenters. The van der Waals surface area contributed by atoms with Gasteiger partial charge < -0.3 is 14.3 Å². The van der Waals surface area contributed by atoms with Crippen LogP contribution >= 0.6 is 0 Å². The first-order valence-corrected chi connectivity index (χ1v) is 13.9. The Morgan fingerprint density at radius 1 is 0.419 bits per heavy atom. The Balaban J connectivity index is 1.72. The molecular weight excluding hydrogens is 384 g/mol. The number of hydrogen-bond acceptors (Lipinski definition) is 3.